The van der Waals surface area contributed by atoms with Gasteiger partial charge in [0.05, 0.1) is 11.8 Å². The Kier molecular flexibility index (Phi) is 2.80. The van der Waals surface area contributed by atoms with Crippen molar-refractivity contribution in [3.8, 4) is 0 Å². The van der Waals surface area contributed by atoms with Crippen LogP contribution < -0.4 is 0 Å². The van der Waals surface area contributed by atoms with Crippen molar-refractivity contribution in [2.75, 3.05) is 0 Å². The number of hydrogen-bond donors (Lipinski definition) is 1. The molecule has 1 N–H and O–H groups in total. The molecule has 2 aliphatic carbocycles. The molecule has 5 nitrogen and oxygen atoms in total. The highest BCUT2D eigenvalue weighted by Crippen LogP contribution is 2.41. The molecule has 0 saturated heterocycles. The predicted molar refractivity (Wildman–Crippen MR) is 74.0 cm³/mol. The molecule has 1 aromatic heterocycles. The zero-order valence-corrected chi connectivity index (χ0v) is 11.5. The summed E-state index contributed by atoms with van der Waals surface area (Å²) < 4.78 is 5.39. The second kappa shape index (κ2) is 4.69. The zero-order chi connectivity index (χ0) is 14.4. The molecule has 0 radical (unpaired) electrons. The fourth-order valence-electron chi connectivity index (χ4n) is 3.47. The Morgan fingerprint density at radius 3 is 2.90 bits per heavy atom. The molecular formula is C16H16N2O3. The molecule has 1 aromatic carbocycles. The minimum Gasteiger partial charge on any atom is -0.481 e. The summed E-state index contributed by atoms with van der Waals surface area (Å²) in [5, 5.41) is 13.2. The standard InChI is InChI=1S/C16H16N2O3/c19-16(20)11-6-5-10(7-11)15-17-14(18-21-15)13-8-9-3-1-2-4-12(9)13/h1-4,10-11,13H,5-8H2,(H,19,20). The highest BCUT2D eigenvalue weighted by atomic mass is 16.5. The molecule has 5 heteroatoms. The zero-order valence-electron chi connectivity index (χ0n) is 11.5. The van der Waals surface area contributed by atoms with Gasteiger partial charge in [0.2, 0.25) is 5.89 Å². The molecule has 1 saturated carbocycles. The minimum absolute atomic E-state index is 0.0997. The molecule has 3 unspecified atom stereocenters. The molecule has 1 fully saturated rings. The maximum Gasteiger partial charge on any atom is 0.306 e. The summed E-state index contributed by atoms with van der Waals surface area (Å²) in [6.45, 7) is 0. The lowest BCUT2D eigenvalue weighted by molar-refractivity contribution is -0.141. The summed E-state index contributed by atoms with van der Waals surface area (Å²) in [6.07, 6.45) is 3.08. The van der Waals surface area contributed by atoms with E-state index in [0.717, 1.165) is 18.7 Å². The van der Waals surface area contributed by atoms with Crippen molar-refractivity contribution < 1.29 is 14.4 Å². The van der Waals surface area contributed by atoms with E-state index < -0.39 is 5.97 Å². The van der Waals surface area contributed by atoms with Crippen LogP contribution >= 0.6 is 0 Å². The molecule has 4 rings (SSSR count). The van der Waals surface area contributed by atoms with Crippen molar-refractivity contribution in [1.29, 1.82) is 0 Å². The van der Waals surface area contributed by atoms with Crippen LogP contribution in [0.1, 0.15) is 53.9 Å². The molecule has 1 heterocycles. The van der Waals surface area contributed by atoms with E-state index in [-0.39, 0.29) is 17.8 Å². The van der Waals surface area contributed by atoms with Gasteiger partial charge in [0.15, 0.2) is 5.82 Å². The first-order chi connectivity index (χ1) is 10.2. The van der Waals surface area contributed by atoms with Crippen molar-refractivity contribution in [2.45, 2.75) is 37.5 Å². The van der Waals surface area contributed by atoms with Gasteiger partial charge in [-0.1, -0.05) is 29.4 Å². The van der Waals surface area contributed by atoms with Crippen LogP contribution in [0.3, 0.4) is 0 Å². The normalized spacial score (nSPS) is 27.1. The van der Waals surface area contributed by atoms with E-state index in [1.807, 2.05) is 12.1 Å². The molecule has 0 aliphatic heterocycles. The van der Waals surface area contributed by atoms with Gasteiger partial charge in [-0.2, -0.15) is 4.98 Å². The third-order valence-corrected chi connectivity index (χ3v) is 4.75. The Labute approximate surface area is 122 Å². The van der Waals surface area contributed by atoms with Crippen LogP contribution in [-0.2, 0) is 11.2 Å². The number of aliphatic carboxylic acids is 1. The average Bonchev–Trinajstić information content (AvgIpc) is 3.08. The maximum absolute atomic E-state index is 11.0. The Bertz CT molecular complexity index is 694. The van der Waals surface area contributed by atoms with E-state index in [0.29, 0.717) is 18.7 Å². The molecule has 108 valence electrons. The molecule has 3 atom stereocenters. The first-order valence-corrected chi connectivity index (χ1v) is 7.36. The third kappa shape index (κ3) is 2.04. The van der Waals surface area contributed by atoms with Gasteiger partial charge in [-0.05, 0) is 36.8 Å². The second-order valence-electron chi connectivity index (χ2n) is 5.99. The minimum atomic E-state index is -0.717. The van der Waals surface area contributed by atoms with Crippen molar-refractivity contribution in [2.24, 2.45) is 5.92 Å². The van der Waals surface area contributed by atoms with Gasteiger partial charge in [0.25, 0.3) is 0 Å². The smallest absolute Gasteiger partial charge is 0.306 e. The Morgan fingerprint density at radius 1 is 1.29 bits per heavy atom. The first kappa shape index (κ1) is 12.6. The molecule has 0 spiro atoms. The summed E-state index contributed by atoms with van der Waals surface area (Å²) in [5.41, 5.74) is 2.63. The summed E-state index contributed by atoms with van der Waals surface area (Å²) >= 11 is 0. The summed E-state index contributed by atoms with van der Waals surface area (Å²) in [6, 6.07) is 8.30. The Hall–Kier alpha value is -2.17. The van der Waals surface area contributed by atoms with Crippen LogP contribution in [-0.4, -0.2) is 21.2 Å². The number of carbonyl (C=O) groups is 1. The molecule has 21 heavy (non-hydrogen) atoms. The van der Waals surface area contributed by atoms with E-state index in [4.69, 9.17) is 9.63 Å². The van der Waals surface area contributed by atoms with Crippen LogP contribution in [0.4, 0.5) is 0 Å². The van der Waals surface area contributed by atoms with Crippen LogP contribution in [0.2, 0.25) is 0 Å². The van der Waals surface area contributed by atoms with E-state index in [2.05, 4.69) is 22.3 Å². The molecule has 0 amide bonds. The number of nitrogens with zero attached hydrogens (tertiary/aromatic N) is 2. The van der Waals surface area contributed by atoms with E-state index in [1.54, 1.807) is 0 Å². The van der Waals surface area contributed by atoms with E-state index >= 15 is 0 Å². The average molecular weight is 284 g/mol. The SMILES string of the molecule is O=C(O)C1CCC(c2nc(C3Cc4ccccc43)no2)C1. The fourth-order valence-corrected chi connectivity index (χ4v) is 3.47. The lowest BCUT2D eigenvalue weighted by Crippen LogP contribution is -2.19. The van der Waals surface area contributed by atoms with Crippen molar-refractivity contribution in [3.63, 3.8) is 0 Å². The second-order valence-corrected chi connectivity index (χ2v) is 5.99. The van der Waals surface area contributed by atoms with Crippen LogP contribution in [0.25, 0.3) is 0 Å². The van der Waals surface area contributed by atoms with Gasteiger partial charge >= 0.3 is 5.97 Å². The van der Waals surface area contributed by atoms with E-state index in [9.17, 15) is 4.79 Å². The first-order valence-electron chi connectivity index (χ1n) is 7.36. The maximum atomic E-state index is 11.0. The highest BCUT2D eigenvalue weighted by molar-refractivity contribution is 5.70. The van der Waals surface area contributed by atoms with Crippen LogP contribution in [0.5, 0.6) is 0 Å². The van der Waals surface area contributed by atoms with Crippen LogP contribution in [0.15, 0.2) is 28.8 Å². The quantitative estimate of drug-likeness (QED) is 0.937. The van der Waals surface area contributed by atoms with Gasteiger partial charge in [-0.15, -0.1) is 0 Å². The summed E-state index contributed by atoms with van der Waals surface area (Å²) in [5.74, 6) is 0.693. The van der Waals surface area contributed by atoms with Gasteiger partial charge in [-0.25, -0.2) is 0 Å². The van der Waals surface area contributed by atoms with Gasteiger partial charge < -0.3 is 9.63 Å². The van der Waals surface area contributed by atoms with Crippen LogP contribution in [0, 0.1) is 5.92 Å². The summed E-state index contributed by atoms with van der Waals surface area (Å²) in [4.78, 5) is 15.6. The number of benzene rings is 1. The number of hydrogen-bond acceptors (Lipinski definition) is 4. The van der Waals surface area contributed by atoms with Gasteiger partial charge in [-0.3, -0.25) is 4.79 Å². The van der Waals surface area contributed by atoms with Crippen molar-refractivity contribution in [1.82, 2.24) is 10.1 Å². The van der Waals surface area contributed by atoms with Gasteiger partial charge in [0, 0.05) is 5.92 Å². The Morgan fingerprint density at radius 2 is 2.14 bits per heavy atom. The van der Waals surface area contributed by atoms with E-state index in [1.165, 1.54) is 11.1 Å². The monoisotopic (exact) mass is 284 g/mol. The number of rotatable bonds is 3. The van der Waals surface area contributed by atoms with Crippen molar-refractivity contribution >= 4 is 5.97 Å². The molecular weight excluding hydrogens is 268 g/mol. The molecule has 0 bridgehead atoms. The predicted octanol–water partition coefficient (Wildman–Crippen LogP) is 2.73. The third-order valence-electron chi connectivity index (χ3n) is 4.75. The number of aromatic nitrogens is 2. The summed E-state index contributed by atoms with van der Waals surface area (Å²) in [7, 11) is 0. The molecule has 2 aliphatic rings. The number of fused-ring (bicyclic) bond motifs is 1. The molecule has 2 aromatic rings. The highest BCUT2D eigenvalue weighted by Gasteiger charge is 2.36. The number of carboxylic acids is 1. The number of carboxylic acid groups (broad SMARTS) is 1. The fraction of sp³-hybridized carbons (Fsp3) is 0.438. The largest absolute Gasteiger partial charge is 0.481 e. The van der Waals surface area contributed by atoms with Crippen molar-refractivity contribution in [3.05, 3.63) is 47.1 Å². The lowest BCUT2D eigenvalue weighted by atomic mass is 9.77. The van der Waals surface area contributed by atoms with Gasteiger partial charge in [0.1, 0.15) is 0 Å². The topological polar surface area (TPSA) is 76.2 Å². The Balaban J connectivity index is 1.52. The lowest BCUT2D eigenvalue weighted by Gasteiger charge is -2.27.